The summed E-state index contributed by atoms with van der Waals surface area (Å²) in [6, 6.07) is 3.13. The van der Waals surface area contributed by atoms with Gasteiger partial charge in [-0.15, -0.1) is 0 Å². The molecule has 124 valence electrons. The van der Waals surface area contributed by atoms with Crippen molar-refractivity contribution in [3.63, 3.8) is 0 Å². The molecule has 8 nitrogen and oxygen atoms in total. The van der Waals surface area contributed by atoms with E-state index in [2.05, 4.69) is 0 Å². The highest BCUT2D eigenvalue weighted by Gasteiger charge is 2.61. The lowest BCUT2D eigenvalue weighted by molar-refractivity contribution is -0.384. The van der Waals surface area contributed by atoms with E-state index in [1.165, 1.54) is 0 Å². The quantitative estimate of drug-likeness (QED) is 0.513. The first-order valence-electron chi connectivity index (χ1n) is 7.79. The molecule has 3 fully saturated rings. The van der Waals surface area contributed by atoms with E-state index in [0.29, 0.717) is 0 Å². The van der Waals surface area contributed by atoms with Crippen LogP contribution in [-0.2, 0) is 9.59 Å². The van der Waals surface area contributed by atoms with Crippen molar-refractivity contribution < 1.29 is 24.4 Å². The van der Waals surface area contributed by atoms with Gasteiger partial charge in [0.25, 0.3) is 5.69 Å². The molecule has 0 radical (unpaired) electrons. The zero-order chi connectivity index (χ0) is 17.2. The molecule has 1 aromatic carbocycles. The van der Waals surface area contributed by atoms with Gasteiger partial charge in [-0.05, 0) is 37.2 Å². The molecule has 1 aliphatic heterocycles. The molecular weight excluding hydrogens is 316 g/mol. The highest BCUT2D eigenvalue weighted by molar-refractivity contribution is 6.24. The monoisotopic (exact) mass is 330 g/mol. The Morgan fingerprint density at radius 2 is 1.75 bits per heavy atom. The zero-order valence-electron chi connectivity index (χ0n) is 12.5. The molecule has 3 aliphatic rings. The number of imide groups is 1. The summed E-state index contributed by atoms with van der Waals surface area (Å²) >= 11 is 0. The first-order valence-corrected chi connectivity index (χ1v) is 7.79. The Labute approximate surface area is 136 Å². The minimum absolute atomic E-state index is 0.161. The lowest BCUT2D eigenvalue weighted by Crippen LogP contribution is -2.34. The molecule has 2 bridgehead atoms. The summed E-state index contributed by atoms with van der Waals surface area (Å²) in [6.07, 6.45) is 2.67. The minimum Gasteiger partial charge on any atom is -0.478 e. The van der Waals surface area contributed by atoms with Crippen LogP contribution in [0.4, 0.5) is 11.4 Å². The molecule has 2 amide bonds. The van der Waals surface area contributed by atoms with Crippen LogP contribution in [0.2, 0.25) is 0 Å². The largest absolute Gasteiger partial charge is 0.478 e. The number of hydrogen-bond acceptors (Lipinski definition) is 5. The van der Waals surface area contributed by atoms with Crippen LogP contribution in [0.15, 0.2) is 18.2 Å². The summed E-state index contributed by atoms with van der Waals surface area (Å²) in [5.74, 6) is -2.66. The molecule has 1 aromatic rings. The Morgan fingerprint density at radius 1 is 1.17 bits per heavy atom. The van der Waals surface area contributed by atoms with Gasteiger partial charge in [0.15, 0.2) is 0 Å². The third-order valence-corrected chi connectivity index (χ3v) is 5.59. The Bertz CT molecular complexity index is 776. The number of carbonyl (C=O) groups is 3. The molecule has 0 aromatic heterocycles. The molecular formula is C16H14N2O6. The number of carboxylic acids is 1. The van der Waals surface area contributed by atoms with E-state index in [1.807, 2.05) is 0 Å². The number of nitrogens with zero attached hydrogens (tertiary/aromatic N) is 2. The van der Waals surface area contributed by atoms with E-state index < -0.39 is 34.5 Å². The number of non-ortho nitro benzene ring substituents is 1. The first kappa shape index (κ1) is 14.8. The normalized spacial score (nSPS) is 30.8. The number of carbonyl (C=O) groups excluding carboxylic acids is 2. The average molecular weight is 330 g/mol. The fraction of sp³-hybridized carbons (Fsp3) is 0.438. The van der Waals surface area contributed by atoms with Gasteiger partial charge in [-0.3, -0.25) is 19.7 Å². The fourth-order valence-electron chi connectivity index (χ4n) is 4.65. The molecule has 1 heterocycles. The van der Waals surface area contributed by atoms with E-state index in [0.717, 1.165) is 42.4 Å². The highest BCUT2D eigenvalue weighted by Crippen LogP contribution is 2.56. The summed E-state index contributed by atoms with van der Waals surface area (Å²) in [7, 11) is 0. The van der Waals surface area contributed by atoms with Crippen molar-refractivity contribution in [3.05, 3.63) is 33.9 Å². The molecule has 2 saturated carbocycles. The molecule has 0 unspecified atom stereocenters. The van der Waals surface area contributed by atoms with Crippen LogP contribution in [0, 0.1) is 33.8 Å². The van der Waals surface area contributed by atoms with Gasteiger partial charge in [-0.2, -0.15) is 0 Å². The lowest BCUT2D eigenvalue weighted by Gasteiger charge is -2.19. The number of carboxylic acid groups (broad SMARTS) is 1. The second-order valence-corrected chi connectivity index (χ2v) is 6.66. The van der Waals surface area contributed by atoms with Gasteiger partial charge in [0.05, 0.1) is 28.0 Å². The SMILES string of the molecule is O=C(O)c1ccc([N+](=O)[O-])cc1N1C(=O)[C@@H]2[C@@H]3CC[C@@H](C3)[C@@H]2C1=O. The summed E-state index contributed by atoms with van der Waals surface area (Å²) < 4.78 is 0. The minimum atomic E-state index is -1.33. The second kappa shape index (κ2) is 4.86. The van der Waals surface area contributed by atoms with E-state index >= 15 is 0 Å². The van der Waals surface area contributed by atoms with Crippen molar-refractivity contribution in [1.29, 1.82) is 0 Å². The van der Waals surface area contributed by atoms with Gasteiger partial charge in [0, 0.05) is 12.1 Å². The van der Waals surface area contributed by atoms with Gasteiger partial charge in [0.2, 0.25) is 11.8 Å². The first-order chi connectivity index (χ1) is 11.4. The van der Waals surface area contributed by atoms with E-state index in [1.54, 1.807) is 0 Å². The number of anilines is 1. The Hall–Kier alpha value is -2.77. The van der Waals surface area contributed by atoms with Crippen LogP contribution < -0.4 is 4.90 Å². The van der Waals surface area contributed by atoms with Gasteiger partial charge in [-0.25, -0.2) is 9.69 Å². The summed E-state index contributed by atoms with van der Waals surface area (Å²) in [6.45, 7) is 0. The molecule has 1 N–H and O–H groups in total. The number of nitro groups is 1. The number of rotatable bonds is 3. The zero-order valence-corrected chi connectivity index (χ0v) is 12.5. The number of aromatic carboxylic acids is 1. The molecule has 24 heavy (non-hydrogen) atoms. The van der Waals surface area contributed by atoms with Crippen molar-refractivity contribution in [3.8, 4) is 0 Å². The van der Waals surface area contributed by atoms with Crippen LogP contribution in [-0.4, -0.2) is 27.8 Å². The van der Waals surface area contributed by atoms with Crippen LogP contribution in [0.3, 0.4) is 0 Å². The summed E-state index contributed by atoms with van der Waals surface area (Å²) in [5.41, 5.74) is -0.828. The number of amides is 2. The topological polar surface area (TPSA) is 118 Å². The molecule has 2 aliphatic carbocycles. The standard InChI is InChI=1S/C16H14N2O6/c19-14-12-7-1-2-8(5-7)13(12)15(20)17(14)11-6-9(18(23)24)3-4-10(11)16(21)22/h3-4,6-8,12-13H,1-2,5H2,(H,21,22)/t7-,8+,12-,13+. The third-order valence-electron chi connectivity index (χ3n) is 5.59. The average Bonchev–Trinajstić information content (AvgIpc) is 3.20. The van der Waals surface area contributed by atoms with E-state index in [9.17, 15) is 29.6 Å². The highest BCUT2D eigenvalue weighted by atomic mass is 16.6. The molecule has 4 rings (SSSR count). The van der Waals surface area contributed by atoms with Crippen molar-refractivity contribution in [2.24, 2.45) is 23.7 Å². The van der Waals surface area contributed by atoms with Crippen molar-refractivity contribution in [2.45, 2.75) is 19.3 Å². The van der Waals surface area contributed by atoms with E-state index in [4.69, 9.17) is 0 Å². The maximum absolute atomic E-state index is 12.8. The number of benzene rings is 1. The van der Waals surface area contributed by atoms with Gasteiger partial charge in [-0.1, -0.05) is 0 Å². The predicted octanol–water partition coefficient (Wildman–Crippen LogP) is 1.83. The lowest BCUT2D eigenvalue weighted by atomic mass is 9.81. The van der Waals surface area contributed by atoms with Crippen molar-refractivity contribution in [2.75, 3.05) is 4.90 Å². The number of fused-ring (bicyclic) bond motifs is 5. The Kier molecular flexibility index (Phi) is 3.00. The molecule has 1 saturated heterocycles. The second-order valence-electron chi connectivity index (χ2n) is 6.66. The van der Waals surface area contributed by atoms with Crippen LogP contribution in [0.25, 0.3) is 0 Å². The number of hydrogen-bond donors (Lipinski definition) is 1. The predicted molar refractivity (Wildman–Crippen MR) is 80.4 cm³/mol. The van der Waals surface area contributed by atoms with Gasteiger partial charge in [0.1, 0.15) is 0 Å². The summed E-state index contributed by atoms with van der Waals surface area (Å²) in [5, 5.41) is 20.3. The maximum Gasteiger partial charge on any atom is 0.337 e. The van der Waals surface area contributed by atoms with Crippen LogP contribution in [0.1, 0.15) is 29.6 Å². The summed E-state index contributed by atoms with van der Waals surface area (Å²) in [4.78, 5) is 48.2. The van der Waals surface area contributed by atoms with Gasteiger partial charge < -0.3 is 5.11 Å². The fourth-order valence-corrected chi connectivity index (χ4v) is 4.65. The smallest absolute Gasteiger partial charge is 0.337 e. The third kappa shape index (κ3) is 1.82. The molecule has 4 atom stereocenters. The van der Waals surface area contributed by atoms with E-state index in [-0.39, 0.29) is 28.8 Å². The Balaban J connectivity index is 1.82. The van der Waals surface area contributed by atoms with Gasteiger partial charge >= 0.3 is 5.97 Å². The van der Waals surface area contributed by atoms with Crippen LogP contribution in [0.5, 0.6) is 0 Å². The molecule has 8 heteroatoms. The Morgan fingerprint density at radius 3 is 2.25 bits per heavy atom. The number of nitro benzene ring substituents is 1. The maximum atomic E-state index is 12.8. The van der Waals surface area contributed by atoms with Crippen LogP contribution >= 0.6 is 0 Å². The van der Waals surface area contributed by atoms with Crippen molar-refractivity contribution in [1.82, 2.24) is 0 Å². The molecule has 0 spiro atoms. The van der Waals surface area contributed by atoms with Crippen molar-refractivity contribution >= 4 is 29.2 Å².